The van der Waals surface area contributed by atoms with E-state index in [1.807, 2.05) is 68.4 Å². The molecule has 144 valence electrons. The third-order valence-electron chi connectivity index (χ3n) is 5.29. The molecule has 1 atom stereocenters. The molecule has 1 saturated heterocycles. The summed E-state index contributed by atoms with van der Waals surface area (Å²) in [5, 5.41) is 5.71. The van der Waals surface area contributed by atoms with Gasteiger partial charge >= 0.3 is 0 Å². The molecule has 28 heavy (non-hydrogen) atoms. The molecule has 4 rings (SSSR count). The number of aryl methyl sites for hydroxylation is 1. The van der Waals surface area contributed by atoms with Crippen LogP contribution in [0.4, 0.5) is 0 Å². The van der Waals surface area contributed by atoms with Crippen molar-refractivity contribution < 1.29 is 9.59 Å². The van der Waals surface area contributed by atoms with Gasteiger partial charge in [-0.3, -0.25) is 14.2 Å². The number of para-hydroxylation sites is 3. The average Bonchev–Trinajstić information content (AvgIpc) is 3.19. The number of amides is 2. The first-order chi connectivity index (χ1) is 13.5. The molecular weight excluding hydrogens is 352 g/mol. The molecule has 1 aromatic heterocycles. The standard InChI is InChI=1S/C22H24N4O2/c1-22(2)14-23-21(28)20(22)25-19(27)13-12-18-24-16-10-6-7-11-17(16)26(18)15-8-4-3-5-9-15/h3-11,20H,12-14H2,1-2H3,(H,23,28)(H,25,27). The Labute approximate surface area is 164 Å². The summed E-state index contributed by atoms with van der Waals surface area (Å²) in [6.07, 6.45) is 0.764. The molecule has 1 fully saturated rings. The fourth-order valence-electron chi connectivity index (χ4n) is 3.70. The number of benzene rings is 2. The van der Waals surface area contributed by atoms with E-state index in [2.05, 4.69) is 15.2 Å². The molecule has 2 amide bonds. The number of imidazole rings is 1. The van der Waals surface area contributed by atoms with E-state index >= 15 is 0 Å². The van der Waals surface area contributed by atoms with Crippen molar-refractivity contribution in [3.8, 4) is 5.69 Å². The first-order valence-electron chi connectivity index (χ1n) is 9.54. The maximum absolute atomic E-state index is 12.5. The third kappa shape index (κ3) is 3.38. The van der Waals surface area contributed by atoms with Crippen molar-refractivity contribution in [2.24, 2.45) is 5.41 Å². The van der Waals surface area contributed by atoms with Crippen LogP contribution in [-0.2, 0) is 16.0 Å². The number of rotatable bonds is 5. The van der Waals surface area contributed by atoms with Crippen LogP contribution in [0.5, 0.6) is 0 Å². The zero-order valence-electron chi connectivity index (χ0n) is 16.1. The highest BCUT2D eigenvalue weighted by atomic mass is 16.2. The summed E-state index contributed by atoms with van der Waals surface area (Å²) in [5.41, 5.74) is 2.64. The van der Waals surface area contributed by atoms with E-state index in [9.17, 15) is 9.59 Å². The van der Waals surface area contributed by atoms with Gasteiger partial charge in [0.15, 0.2) is 0 Å². The number of carbonyl (C=O) groups is 2. The second-order valence-corrected chi connectivity index (χ2v) is 7.89. The van der Waals surface area contributed by atoms with Gasteiger partial charge in [-0.25, -0.2) is 4.98 Å². The minimum atomic E-state index is -0.493. The molecule has 1 aliphatic heterocycles. The summed E-state index contributed by atoms with van der Waals surface area (Å²) < 4.78 is 2.09. The second kappa shape index (κ2) is 7.11. The molecular formula is C22H24N4O2. The number of hydrogen-bond acceptors (Lipinski definition) is 3. The highest BCUT2D eigenvalue weighted by Gasteiger charge is 2.42. The van der Waals surface area contributed by atoms with Crippen LogP contribution < -0.4 is 10.6 Å². The van der Waals surface area contributed by atoms with Gasteiger partial charge in [0.1, 0.15) is 11.9 Å². The van der Waals surface area contributed by atoms with Gasteiger partial charge in [0.25, 0.3) is 0 Å². The van der Waals surface area contributed by atoms with Crippen LogP contribution in [-0.4, -0.2) is 34.0 Å². The summed E-state index contributed by atoms with van der Waals surface area (Å²) in [5.74, 6) is 0.578. The van der Waals surface area contributed by atoms with Gasteiger partial charge in [0.05, 0.1) is 11.0 Å². The van der Waals surface area contributed by atoms with Crippen molar-refractivity contribution in [1.82, 2.24) is 20.2 Å². The molecule has 0 bridgehead atoms. The predicted octanol–water partition coefficient (Wildman–Crippen LogP) is 2.60. The lowest BCUT2D eigenvalue weighted by atomic mass is 9.87. The van der Waals surface area contributed by atoms with Gasteiger partial charge in [-0.1, -0.05) is 44.2 Å². The zero-order valence-corrected chi connectivity index (χ0v) is 16.1. The highest BCUT2D eigenvalue weighted by Crippen LogP contribution is 2.25. The second-order valence-electron chi connectivity index (χ2n) is 7.89. The van der Waals surface area contributed by atoms with E-state index in [4.69, 9.17) is 4.98 Å². The zero-order chi connectivity index (χ0) is 19.7. The molecule has 0 aliphatic carbocycles. The maximum Gasteiger partial charge on any atom is 0.243 e. The highest BCUT2D eigenvalue weighted by molar-refractivity contribution is 5.90. The van der Waals surface area contributed by atoms with Crippen molar-refractivity contribution in [2.45, 2.75) is 32.7 Å². The summed E-state index contributed by atoms with van der Waals surface area (Å²) in [6.45, 7) is 4.52. The molecule has 6 nitrogen and oxygen atoms in total. The van der Waals surface area contributed by atoms with Crippen LogP contribution in [0.2, 0.25) is 0 Å². The minimum Gasteiger partial charge on any atom is -0.354 e. The van der Waals surface area contributed by atoms with E-state index in [0.29, 0.717) is 13.0 Å². The van der Waals surface area contributed by atoms with Crippen LogP contribution in [0.1, 0.15) is 26.1 Å². The van der Waals surface area contributed by atoms with Crippen LogP contribution in [0.25, 0.3) is 16.7 Å². The molecule has 6 heteroatoms. The largest absolute Gasteiger partial charge is 0.354 e. The normalized spacial score (nSPS) is 18.2. The van der Waals surface area contributed by atoms with E-state index < -0.39 is 6.04 Å². The van der Waals surface area contributed by atoms with Crippen molar-refractivity contribution in [2.75, 3.05) is 6.54 Å². The quantitative estimate of drug-likeness (QED) is 0.719. The van der Waals surface area contributed by atoms with Gasteiger partial charge in [-0.05, 0) is 24.3 Å². The van der Waals surface area contributed by atoms with E-state index in [1.165, 1.54) is 0 Å². The Bertz CT molecular complexity index is 1020. The molecule has 0 spiro atoms. The molecule has 0 radical (unpaired) electrons. The number of aromatic nitrogens is 2. The molecule has 1 aliphatic rings. The fourth-order valence-corrected chi connectivity index (χ4v) is 3.70. The topological polar surface area (TPSA) is 76.0 Å². The van der Waals surface area contributed by atoms with Crippen LogP contribution in [0, 0.1) is 5.41 Å². The Morgan fingerprint density at radius 3 is 2.61 bits per heavy atom. The van der Waals surface area contributed by atoms with Crippen molar-refractivity contribution in [1.29, 1.82) is 0 Å². The first kappa shape index (κ1) is 18.2. The lowest BCUT2D eigenvalue weighted by molar-refractivity contribution is -0.128. The molecule has 2 heterocycles. The molecule has 2 aromatic carbocycles. The smallest absolute Gasteiger partial charge is 0.243 e. The van der Waals surface area contributed by atoms with Gasteiger partial charge in [0.2, 0.25) is 11.8 Å². The van der Waals surface area contributed by atoms with E-state index in [1.54, 1.807) is 0 Å². The number of nitrogens with zero attached hydrogens (tertiary/aromatic N) is 2. The molecule has 2 N–H and O–H groups in total. The van der Waals surface area contributed by atoms with Crippen molar-refractivity contribution in [3.05, 3.63) is 60.4 Å². The molecule has 1 unspecified atom stereocenters. The fraction of sp³-hybridized carbons (Fsp3) is 0.318. The van der Waals surface area contributed by atoms with Gasteiger partial charge < -0.3 is 10.6 Å². The number of nitrogens with one attached hydrogen (secondary N) is 2. The summed E-state index contributed by atoms with van der Waals surface area (Å²) in [7, 11) is 0. The number of carbonyl (C=O) groups excluding carboxylic acids is 2. The SMILES string of the molecule is CC1(C)CNC(=O)C1NC(=O)CCc1nc2ccccc2n1-c1ccccc1. The number of hydrogen-bond donors (Lipinski definition) is 2. The van der Waals surface area contributed by atoms with Crippen molar-refractivity contribution >= 4 is 22.8 Å². The lowest BCUT2D eigenvalue weighted by Gasteiger charge is -2.24. The Kier molecular flexibility index (Phi) is 4.63. The maximum atomic E-state index is 12.5. The van der Waals surface area contributed by atoms with Gasteiger partial charge in [-0.15, -0.1) is 0 Å². The van der Waals surface area contributed by atoms with Crippen LogP contribution in [0.3, 0.4) is 0 Å². The Morgan fingerprint density at radius 1 is 1.18 bits per heavy atom. The monoisotopic (exact) mass is 376 g/mol. The van der Waals surface area contributed by atoms with Gasteiger partial charge in [-0.2, -0.15) is 0 Å². The third-order valence-corrected chi connectivity index (χ3v) is 5.29. The van der Waals surface area contributed by atoms with E-state index in [-0.39, 0.29) is 23.7 Å². The summed E-state index contributed by atoms with van der Waals surface area (Å²) in [4.78, 5) is 29.3. The van der Waals surface area contributed by atoms with E-state index in [0.717, 1.165) is 22.5 Å². The minimum absolute atomic E-state index is 0.116. The molecule has 0 saturated carbocycles. The summed E-state index contributed by atoms with van der Waals surface area (Å²) >= 11 is 0. The Hall–Kier alpha value is -3.15. The molecule has 3 aromatic rings. The summed E-state index contributed by atoms with van der Waals surface area (Å²) in [6, 6.07) is 17.5. The number of fused-ring (bicyclic) bond motifs is 1. The van der Waals surface area contributed by atoms with Crippen LogP contribution >= 0.6 is 0 Å². The predicted molar refractivity (Wildman–Crippen MR) is 108 cm³/mol. The Balaban J connectivity index is 1.55. The van der Waals surface area contributed by atoms with Crippen LogP contribution in [0.15, 0.2) is 54.6 Å². The van der Waals surface area contributed by atoms with Gasteiger partial charge in [0, 0.05) is 30.5 Å². The first-order valence-corrected chi connectivity index (χ1v) is 9.54. The Morgan fingerprint density at radius 2 is 1.89 bits per heavy atom. The average molecular weight is 376 g/mol. The van der Waals surface area contributed by atoms with Crippen molar-refractivity contribution in [3.63, 3.8) is 0 Å². The lowest BCUT2D eigenvalue weighted by Crippen LogP contribution is -2.46.